The van der Waals surface area contributed by atoms with Crippen LogP contribution in [0.1, 0.15) is 33.2 Å². The van der Waals surface area contributed by atoms with Crippen LogP contribution in [0.2, 0.25) is 0 Å². The van der Waals surface area contributed by atoms with E-state index in [0.717, 1.165) is 0 Å². The first-order valence-electron chi connectivity index (χ1n) is 8.74. The van der Waals surface area contributed by atoms with Crippen LogP contribution in [0.3, 0.4) is 0 Å². The van der Waals surface area contributed by atoms with Gasteiger partial charge in [0.25, 0.3) is 10.1 Å². The maximum absolute atomic E-state index is 12.2. The van der Waals surface area contributed by atoms with E-state index in [9.17, 15) is 23.4 Å². The lowest BCUT2D eigenvalue weighted by atomic mass is 9.96. The van der Waals surface area contributed by atoms with Crippen molar-refractivity contribution < 1.29 is 28.0 Å². The summed E-state index contributed by atoms with van der Waals surface area (Å²) in [4.78, 5) is 12.1. The molecule has 0 aliphatic heterocycles. The lowest BCUT2D eigenvalue weighted by Gasteiger charge is -2.12. The number of aryl methyl sites for hydroxylation is 1. The third-order valence-corrected chi connectivity index (χ3v) is 5.20. The van der Waals surface area contributed by atoms with Gasteiger partial charge in [-0.2, -0.15) is 8.42 Å². The zero-order valence-electron chi connectivity index (χ0n) is 15.8. The lowest BCUT2D eigenvalue weighted by molar-refractivity contribution is 0.0744. The molecule has 0 fully saturated rings. The average molecular weight is 414 g/mol. The molecule has 3 rings (SSSR count). The van der Waals surface area contributed by atoms with Crippen molar-refractivity contribution in [2.45, 2.75) is 24.5 Å². The number of hydrogen-bond donors (Lipinski definition) is 3. The molecule has 0 spiro atoms. The van der Waals surface area contributed by atoms with Crippen LogP contribution in [-0.2, 0) is 16.7 Å². The Labute approximate surface area is 169 Å². The van der Waals surface area contributed by atoms with E-state index in [1.165, 1.54) is 6.07 Å². The Bertz CT molecular complexity index is 1060. The van der Waals surface area contributed by atoms with E-state index < -0.39 is 22.0 Å². The van der Waals surface area contributed by atoms with Gasteiger partial charge < -0.3 is 10.2 Å². The van der Waals surface area contributed by atoms with Crippen molar-refractivity contribution in [3.05, 3.63) is 101 Å². The van der Waals surface area contributed by atoms with Gasteiger partial charge in [-0.15, -0.1) is 0 Å². The number of hydrogen-bond acceptors (Lipinski definition) is 5. The maximum Gasteiger partial charge on any atom is 0.294 e. The third-order valence-electron chi connectivity index (χ3n) is 4.19. The van der Waals surface area contributed by atoms with Crippen molar-refractivity contribution >= 4 is 15.9 Å². The van der Waals surface area contributed by atoms with E-state index in [1.807, 2.05) is 6.07 Å². The van der Waals surface area contributed by atoms with Crippen LogP contribution in [-0.4, -0.2) is 29.0 Å². The van der Waals surface area contributed by atoms with Crippen LogP contribution >= 0.6 is 0 Å². The lowest BCUT2D eigenvalue weighted by Crippen LogP contribution is -2.14. The molecule has 0 saturated heterocycles. The number of aliphatic hydroxyl groups excluding tert-OH is 2. The van der Waals surface area contributed by atoms with Crippen molar-refractivity contribution in [1.82, 2.24) is 0 Å². The Morgan fingerprint density at radius 2 is 1.45 bits per heavy atom. The monoisotopic (exact) mass is 414 g/mol. The zero-order valence-corrected chi connectivity index (χ0v) is 16.6. The number of benzene rings is 3. The second-order valence-corrected chi connectivity index (χ2v) is 7.62. The fourth-order valence-electron chi connectivity index (χ4n) is 2.68. The summed E-state index contributed by atoms with van der Waals surface area (Å²) >= 11 is 0. The molecule has 0 saturated carbocycles. The van der Waals surface area contributed by atoms with E-state index in [2.05, 4.69) is 0 Å². The molecule has 6 nitrogen and oxygen atoms in total. The minimum absolute atomic E-state index is 0.0278. The Hall–Kier alpha value is -2.84. The van der Waals surface area contributed by atoms with Crippen molar-refractivity contribution in [3.63, 3.8) is 0 Å². The standard InChI is InChI=1S/C15H14O3.C7H8O3S/c16-10-12-8-4-5-9-13(12)15(18)14(17)11-6-2-1-3-7-11;1-6-4-2-3-5-7(6)11(8,9)10/h1-9,14,16-17H,10H2;2-5H,1H3,(H,8,9,10). The van der Waals surface area contributed by atoms with Gasteiger partial charge in [0.1, 0.15) is 6.10 Å². The van der Waals surface area contributed by atoms with Crippen molar-refractivity contribution in [2.75, 3.05) is 0 Å². The quantitative estimate of drug-likeness (QED) is 0.436. The molecule has 29 heavy (non-hydrogen) atoms. The summed E-state index contributed by atoms with van der Waals surface area (Å²) in [7, 11) is -4.03. The fraction of sp³-hybridized carbons (Fsp3) is 0.136. The summed E-state index contributed by atoms with van der Waals surface area (Å²) in [5.41, 5.74) is 1.99. The molecule has 0 aliphatic carbocycles. The molecule has 0 bridgehead atoms. The molecule has 0 radical (unpaired) electrons. The second-order valence-electron chi connectivity index (χ2n) is 6.23. The SMILES string of the molecule is Cc1ccccc1S(=O)(=O)O.O=C(c1ccccc1CO)C(O)c1ccccc1. The minimum Gasteiger partial charge on any atom is -0.392 e. The molecular weight excluding hydrogens is 392 g/mol. The summed E-state index contributed by atoms with van der Waals surface area (Å²) in [5, 5.41) is 19.2. The molecule has 3 N–H and O–H groups in total. The van der Waals surface area contributed by atoms with E-state index in [0.29, 0.717) is 22.3 Å². The van der Waals surface area contributed by atoms with E-state index >= 15 is 0 Å². The van der Waals surface area contributed by atoms with Crippen molar-refractivity contribution in [1.29, 1.82) is 0 Å². The van der Waals surface area contributed by atoms with Gasteiger partial charge in [-0.3, -0.25) is 9.35 Å². The van der Waals surface area contributed by atoms with Crippen LogP contribution < -0.4 is 0 Å². The Morgan fingerprint density at radius 1 is 0.897 bits per heavy atom. The normalized spacial score (nSPS) is 11.9. The van der Waals surface area contributed by atoms with Crippen molar-refractivity contribution in [2.24, 2.45) is 0 Å². The molecule has 3 aromatic carbocycles. The number of Topliss-reactive ketones (excluding diaryl/α,β-unsaturated/α-hetero) is 1. The van der Waals surface area contributed by atoms with Crippen LogP contribution in [0.25, 0.3) is 0 Å². The van der Waals surface area contributed by atoms with Crippen LogP contribution in [0.4, 0.5) is 0 Å². The fourth-order valence-corrected chi connectivity index (χ4v) is 3.40. The first kappa shape index (κ1) is 22.4. The highest BCUT2D eigenvalue weighted by atomic mass is 32.2. The molecule has 1 atom stereocenters. The second kappa shape index (κ2) is 10.1. The first-order valence-corrected chi connectivity index (χ1v) is 10.2. The van der Waals surface area contributed by atoms with Gasteiger partial charge in [-0.1, -0.05) is 72.8 Å². The summed E-state index contributed by atoms with van der Waals surface area (Å²) < 4.78 is 29.9. The smallest absolute Gasteiger partial charge is 0.294 e. The van der Waals surface area contributed by atoms with Gasteiger partial charge in [0.2, 0.25) is 0 Å². The summed E-state index contributed by atoms with van der Waals surface area (Å²) in [5.74, 6) is -0.397. The minimum atomic E-state index is -4.03. The molecular formula is C22H22O6S. The van der Waals surface area contributed by atoms with E-state index in [4.69, 9.17) is 4.55 Å². The predicted molar refractivity (Wildman–Crippen MR) is 109 cm³/mol. The Balaban J connectivity index is 0.000000234. The summed E-state index contributed by atoms with van der Waals surface area (Å²) in [6, 6.07) is 21.8. The van der Waals surface area contributed by atoms with E-state index in [1.54, 1.807) is 73.7 Å². The zero-order chi connectivity index (χ0) is 21.4. The van der Waals surface area contributed by atoms with Gasteiger partial charge in [0.15, 0.2) is 5.78 Å². The largest absolute Gasteiger partial charge is 0.392 e. The van der Waals surface area contributed by atoms with E-state index in [-0.39, 0.29) is 11.5 Å². The highest BCUT2D eigenvalue weighted by Crippen LogP contribution is 2.20. The van der Waals surface area contributed by atoms with Crippen LogP contribution in [0.5, 0.6) is 0 Å². The highest BCUT2D eigenvalue weighted by molar-refractivity contribution is 7.85. The number of carbonyl (C=O) groups is 1. The molecule has 0 aromatic heterocycles. The molecule has 1 unspecified atom stereocenters. The van der Waals surface area contributed by atoms with Crippen molar-refractivity contribution in [3.8, 4) is 0 Å². The molecule has 7 heteroatoms. The maximum atomic E-state index is 12.2. The number of carbonyl (C=O) groups excluding carboxylic acids is 1. The number of rotatable bonds is 5. The predicted octanol–water partition coefficient (Wildman–Crippen LogP) is 3.34. The van der Waals surface area contributed by atoms with Crippen LogP contribution in [0, 0.1) is 6.92 Å². The van der Waals surface area contributed by atoms with Gasteiger partial charge in [0, 0.05) is 5.56 Å². The van der Waals surface area contributed by atoms with Gasteiger partial charge in [-0.05, 0) is 29.7 Å². The van der Waals surface area contributed by atoms with Gasteiger partial charge in [-0.25, -0.2) is 0 Å². The molecule has 3 aromatic rings. The van der Waals surface area contributed by atoms with Crippen LogP contribution in [0.15, 0.2) is 83.8 Å². The average Bonchev–Trinajstić information content (AvgIpc) is 2.73. The van der Waals surface area contributed by atoms with Gasteiger partial charge in [0.05, 0.1) is 11.5 Å². The Morgan fingerprint density at radius 3 is 2.00 bits per heavy atom. The third kappa shape index (κ3) is 6.07. The molecule has 0 aliphatic rings. The number of ketones is 1. The summed E-state index contributed by atoms with van der Waals surface area (Å²) in [6.07, 6.45) is -1.20. The topological polar surface area (TPSA) is 112 Å². The summed E-state index contributed by atoms with van der Waals surface area (Å²) in [6.45, 7) is 1.41. The number of aliphatic hydroxyl groups is 2. The molecule has 152 valence electrons. The highest BCUT2D eigenvalue weighted by Gasteiger charge is 2.20. The molecule has 0 amide bonds. The first-order chi connectivity index (χ1) is 13.8. The van der Waals surface area contributed by atoms with Gasteiger partial charge >= 0.3 is 0 Å². The molecule has 0 heterocycles. The Kier molecular flexibility index (Phi) is 7.81.